The molecule has 0 aromatic carbocycles. The van der Waals surface area contributed by atoms with Crippen molar-refractivity contribution in [3.63, 3.8) is 0 Å². The summed E-state index contributed by atoms with van der Waals surface area (Å²) in [7, 11) is 3.80. The minimum absolute atomic E-state index is 0.189. The molecule has 3 nitrogen and oxygen atoms in total. The Morgan fingerprint density at radius 2 is 2.18 bits per heavy atom. The highest BCUT2D eigenvalue weighted by molar-refractivity contribution is 4.89. The van der Waals surface area contributed by atoms with Gasteiger partial charge in [-0.1, -0.05) is 6.92 Å². The van der Waals surface area contributed by atoms with Gasteiger partial charge in [0.1, 0.15) is 12.3 Å². The topological polar surface area (TPSA) is 32.7 Å². The van der Waals surface area contributed by atoms with Gasteiger partial charge in [0.2, 0.25) is 0 Å². The molecule has 65 valence electrons. The number of hydrogen-bond acceptors (Lipinski definition) is 3. The monoisotopic (exact) mass is 158 g/mol. The Bertz CT molecular complexity index is 127. The molecule has 1 radical (unpaired) electrons. The number of rotatable bonds is 1. The van der Waals surface area contributed by atoms with Crippen molar-refractivity contribution in [3.05, 3.63) is 6.10 Å². The van der Waals surface area contributed by atoms with E-state index in [1.54, 1.807) is 0 Å². The molecule has 11 heavy (non-hydrogen) atoms. The SMILES string of the molecule is CC1COC(N(C)C)[C](O)C1. The van der Waals surface area contributed by atoms with E-state index in [4.69, 9.17) is 4.74 Å². The molecule has 1 aliphatic heterocycles. The number of aliphatic hydroxyl groups excluding tert-OH is 1. The van der Waals surface area contributed by atoms with Gasteiger partial charge in [-0.3, -0.25) is 4.90 Å². The van der Waals surface area contributed by atoms with Gasteiger partial charge in [0.15, 0.2) is 0 Å². The molecular weight excluding hydrogens is 142 g/mol. The zero-order valence-corrected chi connectivity index (χ0v) is 7.37. The molecule has 0 aromatic heterocycles. The zero-order chi connectivity index (χ0) is 8.43. The first-order valence-electron chi connectivity index (χ1n) is 3.94. The summed E-state index contributed by atoms with van der Waals surface area (Å²) in [6.45, 7) is 2.81. The fourth-order valence-electron chi connectivity index (χ4n) is 1.32. The molecular formula is C8H16NO2. The Morgan fingerprint density at radius 1 is 1.55 bits per heavy atom. The Labute approximate surface area is 68.0 Å². The lowest BCUT2D eigenvalue weighted by atomic mass is 10.0. The Balaban J connectivity index is 2.44. The summed E-state index contributed by atoms with van der Waals surface area (Å²) in [6.07, 6.45) is 1.03. The van der Waals surface area contributed by atoms with Crippen LogP contribution in [0, 0.1) is 12.0 Å². The molecule has 0 saturated carbocycles. The highest BCUT2D eigenvalue weighted by Crippen LogP contribution is 2.25. The van der Waals surface area contributed by atoms with E-state index in [1.165, 1.54) is 0 Å². The molecule has 1 N–H and O–H groups in total. The number of hydrogen-bond donors (Lipinski definition) is 1. The van der Waals surface area contributed by atoms with Gasteiger partial charge < -0.3 is 9.84 Å². The van der Waals surface area contributed by atoms with Gasteiger partial charge in [0, 0.05) is 0 Å². The van der Waals surface area contributed by atoms with Gasteiger partial charge >= 0.3 is 0 Å². The first-order chi connectivity index (χ1) is 5.11. The average Bonchev–Trinajstić information content (AvgIpc) is 1.85. The van der Waals surface area contributed by atoms with Crippen LogP contribution in [0.5, 0.6) is 0 Å². The fraction of sp³-hybridized carbons (Fsp3) is 0.875. The molecule has 0 spiro atoms. The van der Waals surface area contributed by atoms with Crippen molar-refractivity contribution >= 4 is 0 Å². The van der Waals surface area contributed by atoms with Gasteiger partial charge in [-0.25, -0.2) is 0 Å². The Morgan fingerprint density at radius 3 is 2.64 bits per heavy atom. The summed E-state index contributed by atoms with van der Waals surface area (Å²) < 4.78 is 5.40. The predicted octanol–water partition coefficient (Wildman–Crippen LogP) is 0.835. The maximum atomic E-state index is 9.46. The van der Waals surface area contributed by atoms with Crippen LogP contribution in [0.25, 0.3) is 0 Å². The van der Waals surface area contributed by atoms with E-state index >= 15 is 0 Å². The number of nitrogens with zero attached hydrogens (tertiary/aromatic N) is 1. The Kier molecular flexibility index (Phi) is 2.87. The zero-order valence-electron chi connectivity index (χ0n) is 7.37. The van der Waals surface area contributed by atoms with Crippen LogP contribution in [0.15, 0.2) is 0 Å². The van der Waals surface area contributed by atoms with Gasteiger partial charge in [-0.05, 0) is 26.4 Å². The molecule has 2 atom stereocenters. The number of ether oxygens (including phenoxy) is 1. The molecule has 1 fully saturated rings. The van der Waals surface area contributed by atoms with Crippen LogP contribution in [-0.2, 0) is 4.74 Å². The summed E-state index contributed by atoms with van der Waals surface area (Å²) in [4.78, 5) is 1.88. The minimum atomic E-state index is -0.189. The molecule has 0 bridgehead atoms. The van der Waals surface area contributed by atoms with Gasteiger partial charge in [0.05, 0.1) is 6.61 Å². The minimum Gasteiger partial charge on any atom is -0.383 e. The van der Waals surface area contributed by atoms with E-state index in [0.717, 1.165) is 13.0 Å². The van der Waals surface area contributed by atoms with Crippen LogP contribution < -0.4 is 0 Å². The summed E-state index contributed by atoms with van der Waals surface area (Å²) in [5.74, 6) is 0.450. The van der Waals surface area contributed by atoms with E-state index in [2.05, 4.69) is 6.92 Å². The quantitative estimate of drug-likeness (QED) is 0.613. The molecule has 0 aliphatic carbocycles. The summed E-state index contributed by atoms with van der Waals surface area (Å²) in [5, 5.41) is 9.46. The molecule has 3 heteroatoms. The van der Waals surface area contributed by atoms with Crippen molar-refractivity contribution in [1.29, 1.82) is 0 Å². The van der Waals surface area contributed by atoms with Crippen molar-refractivity contribution in [2.75, 3.05) is 20.7 Å². The molecule has 1 saturated heterocycles. The lowest BCUT2D eigenvalue weighted by Gasteiger charge is -2.34. The maximum Gasteiger partial charge on any atom is 0.142 e. The second-order valence-corrected chi connectivity index (χ2v) is 3.45. The predicted molar refractivity (Wildman–Crippen MR) is 42.4 cm³/mol. The first-order valence-corrected chi connectivity index (χ1v) is 3.94. The summed E-state index contributed by atoms with van der Waals surface area (Å²) >= 11 is 0. The molecule has 2 unspecified atom stereocenters. The molecule has 0 aromatic rings. The van der Waals surface area contributed by atoms with Crippen LogP contribution in [0.1, 0.15) is 13.3 Å². The first kappa shape index (κ1) is 8.97. The lowest BCUT2D eigenvalue weighted by Crippen LogP contribution is -2.41. The van der Waals surface area contributed by atoms with Crippen LogP contribution in [-0.4, -0.2) is 36.9 Å². The van der Waals surface area contributed by atoms with Crippen LogP contribution in [0.3, 0.4) is 0 Å². The highest BCUT2D eigenvalue weighted by Gasteiger charge is 2.29. The third-order valence-electron chi connectivity index (χ3n) is 1.85. The largest absolute Gasteiger partial charge is 0.383 e. The van der Waals surface area contributed by atoms with Crippen molar-refractivity contribution in [3.8, 4) is 0 Å². The van der Waals surface area contributed by atoms with E-state index in [0.29, 0.717) is 12.0 Å². The third kappa shape index (κ3) is 2.15. The summed E-state index contributed by atoms with van der Waals surface area (Å²) in [6, 6.07) is 0. The number of likely N-dealkylation sites (N-methyl/N-ethyl adjacent to an activating group) is 1. The van der Waals surface area contributed by atoms with E-state index < -0.39 is 0 Å². The van der Waals surface area contributed by atoms with Crippen LogP contribution in [0.2, 0.25) is 0 Å². The van der Waals surface area contributed by atoms with Gasteiger partial charge in [-0.15, -0.1) is 0 Å². The third-order valence-corrected chi connectivity index (χ3v) is 1.85. The van der Waals surface area contributed by atoms with Gasteiger partial charge in [0.25, 0.3) is 0 Å². The second-order valence-electron chi connectivity index (χ2n) is 3.45. The van der Waals surface area contributed by atoms with Crippen molar-refractivity contribution in [2.24, 2.45) is 5.92 Å². The van der Waals surface area contributed by atoms with Crippen molar-refractivity contribution < 1.29 is 9.84 Å². The van der Waals surface area contributed by atoms with E-state index in [9.17, 15) is 5.11 Å². The second kappa shape index (κ2) is 3.52. The lowest BCUT2D eigenvalue weighted by molar-refractivity contribution is -0.105. The molecule has 1 heterocycles. The van der Waals surface area contributed by atoms with E-state index in [-0.39, 0.29) is 6.23 Å². The van der Waals surface area contributed by atoms with Crippen LogP contribution >= 0.6 is 0 Å². The standard InChI is InChI=1S/C8H16NO2/c1-6-4-7(10)8(9(2)3)11-5-6/h6,8,10H,4-5H2,1-3H3. The van der Waals surface area contributed by atoms with Crippen LogP contribution in [0.4, 0.5) is 0 Å². The smallest absolute Gasteiger partial charge is 0.142 e. The normalized spacial score (nSPS) is 34.6. The molecule has 0 amide bonds. The molecule has 1 aliphatic rings. The summed E-state index contributed by atoms with van der Waals surface area (Å²) in [5.41, 5.74) is 0. The average molecular weight is 158 g/mol. The Hall–Kier alpha value is -0.120. The van der Waals surface area contributed by atoms with Gasteiger partial charge in [-0.2, -0.15) is 0 Å². The van der Waals surface area contributed by atoms with Crippen molar-refractivity contribution in [2.45, 2.75) is 19.6 Å². The molecule has 1 rings (SSSR count). The maximum absolute atomic E-state index is 9.46. The number of aliphatic hydroxyl groups is 1. The fourth-order valence-corrected chi connectivity index (χ4v) is 1.32. The van der Waals surface area contributed by atoms with Crippen molar-refractivity contribution in [1.82, 2.24) is 4.90 Å². The van der Waals surface area contributed by atoms with E-state index in [1.807, 2.05) is 19.0 Å². The highest BCUT2D eigenvalue weighted by atomic mass is 16.5.